The number of ether oxygens (including phenoxy) is 7. The van der Waals surface area contributed by atoms with Crippen LogP contribution in [0, 0.1) is 0 Å². The zero-order valence-electron chi connectivity index (χ0n) is 32.2. The number of carbonyl (C=O) groups excluding carboxylic acids is 5. The number of rotatable bonds is 21. The van der Waals surface area contributed by atoms with Crippen LogP contribution < -0.4 is 18.9 Å². The molecule has 0 amide bonds. The van der Waals surface area contributed by atoms with Crippen molar-refractivity contribution in [2.45, 2.75) is 38.5 Å². The Labute approximate surface area is 335 Å². The fraction of sp³-hybridized carbons (Fsp3) is 0.239. The van der Waals surface area contributed by atoms with E-state index in [-0.39, 0.29) is 28.2 Å². The quantitative estimate of drug-likeness (QED) is 0.0230. The maximum absolute atomic E-state index is 13.3. The van der Waals surface area contributed by atoms with Crippen LogP contribution in [0.25, 0.3) is 21.5 Å². The number of fused-ring (bicyclic) bond motifs is 2. The summed E-state index contributed by atoms with van der Waals surface area (Å²) in [5.41, 5.74) is 0.424. The highest BCUT2D eigenvalue weighted by Crippen LogP contribution is 2.29. The summed E-state index contributed by atoms with van der Waals surface area (Å²) >= 11 is 0. The fourth-order valence-electron chi connectivity index (χ4n) is 5.74. The Morgan fingerprint density at radius 2 is 0.931 bits per heavy atom. The summed E-state index contributed by atoms with van der Waals surface area (Å²) in [6.07, 6.45) is 7.00. The van der Waals surface area contributed by atoms with Gasteiger partial charge in [0.2, 0.25) is 0 Å². The average molecular weight is 789 g/mol. The van der Waals surface area contributed by atoms with Crippen molar-refractivity contribution in [3.8, 4) is 23.0 Å². The number of carbonyl (C=O) groups is 5. The lowest BCUT2D eigenvalue weighted by Crippen LogP contribution is -2.13. The summed E-state index contributed by atoms with van der Waals surface area (Å²) in [7, 11) is 1.19. The van der Waals surface area contributed by atoms with E-state index >= 15 is 0 Å². The van der Waals surface area contributed by atoms with Gasteiger partial charge in [-0.05, 0) is 127 Å². The molecule has 0 radical (unpaired) electrons. The highest BCUT2D eigenvalue weighted by atomic mass is 16.6. The van der Waals surface area contributed by atoms with Crippen LogP contribution in [0.1, 0.15) is 69.6 Å². The largest absolute Gasteiger partial charge is 0.494 e. The molecule has 0 aliphatic carbocycles. The van der Waals surface area contributed by atoms with E-state index in [4.69, 9.17) is 33.2 Å². The molecule has 0 spiro atoms. The number of benzene rings is 5. The molecule has 0 unspecified atom stereocenters. The van der Waals surface area contributed by atoms with Gasteiger partial charge in [-0.1, -0.05) is 37.4 Å². The highest BCUT2D eigenvalue weighted by molar-refractivity contribution is 6.00. The number of hydrogen-bond donors (Lipinski definition) is 0. The van der Waals surface area contributed by atoms with Gasteiger partial charge in [0, 0.05) is 12.2 Å². The van der Waals surface area contributed by atoms with Crippen molar-refractivity contribution in [1.82, 2.24) is 0 Å². The van der Waals surface area contributed by atoms with Crippen LogP contribution >= 0.6 is 0 Å². The van der Waals surface area contributed by atoms with Crippen LogP contribution in [-0.4, -0.2) is 63.4 Å². The van der Waals surface area contributed by atoms with Gasteiger partial charge in [-0.15, -0.1) is 0 Å². The third-order valence-electron chi connectivity index (χ3n) is 8.80. The van der Waals surface area contributed by atoms with Gasteiger partial charge >= 0.3 is 29.8 Å². The molecule has 300 valence electrons. The number of esters is 5. The topological polar surface area (TPSA) is 150 Å². The molecular weight excluding hydrogens is 744 g/mol. The zero-order valence-corrected chi connectivity index (χ0v) is 32.2. The van der Waals surface area contributed by atoms with E-state index in [2.05, 4.69) is 13.2 Å². The van der Waals surface area contributed by atoms with Crippen LogP contribution in [0.5, 0.6) is 23.0 Å². The molecule has 0 fully saturated rings. The van der Waals surface area contributed by atoms with Crippen molar-refractivity contribution in [1.29, 1.82) is 0 Å². The van der Waals surface area contributed by atoms with E-state index in [9.17, 15) is 24.0 Å². The molecular formula is C46H44O12. The van der Waals surface area contributed by atoms with Gasteiger partial charge < -0.3 is 33.2 Å². The molecule has 0 atom stereocenters. The van der Waals surface area contributed by atoms with Gasteiger partial charge in [-0.2, -0.15) is 0 Å². The first-order valence-electron chi connectivity index (χ1n) is 18.8. The molecule has 12 nitrogen and oxygen atoms in total. The van der Waals surface area contributed by atoms with Crippen LogP contribution in [0.3, 0.4) is 0 Å². The summed E-state index contributed by atoms with van der Waals surface area (Å²) in [4.78, 5) is 61.4. The van der Waals surface area contributed by atoms with E-state index in [1.807, 2.05) is 36.4 Å². The van der Waals surface area contributed by atoms with Crippen molar-refractivity contribution in [2.75, 3.05) is 33.5 Å². The van der Waals surface area contributed by atoms with E-state index in [1.54, 1.807) is 36.4 Å². The predicted octanol–water partition coefficient (Wildman–Crippen LogP) is 8.77. The Bertz CT molecular complexity index is 2290. The number of methoxy groups -OCH3 is 1. The van der Waals surface area contributed by atoms with Gasteiger partial charge in [-0.3, -0.25) is 0 Å². The van der Waals surface area contributed by atoms with Gasteiger partial charge in [0.1, 0.15) is 28.6 Å². The normalized spacial score (nSPS) is 10.6. The third kappa shape index (κ3) is 12.3. The summed E-state index contributed by atoms with van der Waals surface area (Å²) in [6, 6.07) is 25.3. The molecule has 0 N–H and O–H groups in total. The second kappa shape index (κ2) is 21.4. The van der Waals surface area contributed by atoms with Crippen molar-refractivity contribution in [3.63, 3.8) is 0 Å². The minimum Gasteiger partial charge on any atom is -0.494 e. The molecule has 5 aromatic rings. The van der Waals surface area contributed by atoms with Crippen molar-refractivity contribution in [3.05, 3.63) is 133 Å². The number of hydrogen-bond acceptors (Lipinski definition) is 12. The van der Waals surface area contributed by atoms with Crippen LogP contribution in [0.2, 0.25) is 0 Å². The fourth-order valence-corrected chi connectivity index (χ4v) is 5.74. The third-order valence-corrected chi connectivity index (χ3v) is 8.80. The summed E-state index contributed by atoms with van der Waals surface area (Å²) in [5, 5.41) is 3.28. The van der Waals surface area contributed by atoms with Gasteiger partial charge in [-0.25, -0.2) is 24.0 Å². The smallest absolute Gasteiger partial charge is 0.343 e. The van der Waals surface area contributed by atoms with E-state index in [1.165, 1.54) is 25.3 Å². The summed E-state index contributed by atoms with van der Waals surface area (Å²) in [6.45, 7) is 8.42. The van der Waals surface area contributed by atoms with Crippen molar-refractivity contribution >= 4 is 51.4 Å². The Morgan fingerprint density at radius 3 is 1.43 bits per heavy atom. The molecule has 5 aromatic carbocycles. The second-order valence-electron chi connectivity index (χ2n) is 12.9. The molecule has 0 saturated carbocycles. The molecule has 0 aliphatic heterocycles. The van der Waals surface area contributed by atoms with E-state index < -0.39 is 29.8 Å². The van der Waals surface area contributed by atoms with Gasteiger partial charge in [0.25, 0.3) is 0 Å². The first-order chi connectivity index (χ1) is 28.2. The predicted molar refractivity (Wildman–Crippen MR) is 217 cm³/mol. The molecule has 12 heteroatoms. The van der Waals surface area contributed by atoms with Crippen LogP contribution in [-0.2, 0) is 23.8 Å². The Morgan fingerprint density at radius 1 is 0.483 bits per heavy atom. The Balaban J connectivity index is 1.15. The standard InChI is InChI=1S/C46H44O12/c1-4-42(47)55-24-10-6-8-22-53-37-18-16-31-26-35(14-12-33(31)28-37)44(49)57-39-20-21-41(40(30-39)46(51)52-3)58-45(50)36-15-13-34-29-38(19-17-32(34)27-36)54-23-9-7-11-25-56-43(48)5-2/h4-5,12-21,26-30H,1-2,6-11,22-25H2,3H3. The molecule has 58 heavy (non-hydrogen) atoms. The molecule has 0 bridgehead atoms. The lowest BCUT2D eigenvalue weighted by molar-refractivity contribution is -0.138. The Kier molecular flexibility index (Phi) is 15.6. The first kappa shape index (κ1) is 42.2. The van der Waals surface area contributed by atoms with E-state index in [0.29, 0.717) is 37.9 Å². The first-order valence-corrected chi connectivity index (χ1v) is 18.8. The van der Waals surface area contributed by atoms with Gasteiger partial charge in [0.05, 0.1) is 44.7 Å². The molecule has 5 rings (SSSR count). The monoisotopic (exact) mass is 788 g/mol. The lowest BCUT2D eigenvalue weighted by atomic mass is 10.1. The molecule has 0 aromatic heterocycles. The summed E-state index contributed by atoms with van der Waals surface area (Å²) in [5.74, 6) is -1.68. The maximum Gasteiger partial charge on any atom is 0.343 e. The number of unbranched alkanes of at least 4 members (excludes halogenated alkanes) is 4. The average Bonchev–Trinajstić information content (AvgIpc) is 3.25. The summed E-state index contributed by atoms with van der Waals surface area (Å²) < 4.78 is 37.8. The molecule has 0 aliphatic rings. The molecule has 0 heterocycles. The SMILES string of the molecule is C=CC(=O)OCCCCCOc1ccc2cc(C(=O)Oc3ccc(OC(=O)c4ccc5cc(OCCCCCOC(=O)C=C)ccc5c4)c(C(=O)OC)c3)ccc2c1. The van der Waals surface area contributed by atoms with Crippen LogP contribution in [0.15, 0.2) is 116 Å². The zero-order chi connectivity index (χ0) is 41.3. The minimum atomic E-state index is -0.791. The van der Waals surface area contributed by atoms with Crippen molar-refractivity contribution < 1.29 is 57.1 Å². The lowest BCUT2D eigenvalue weighted by Gasteiger charge is -2.12. The Hall–Kier alpha value is -6.95. The molecule has 0 saturated heterocycles. The van der Waals surface area contributed by atoms with E-state index in [0.717, 1.165) is 72.2 Å². The van der Waals surface area contributed by atoms with Crippen molar-refractivity contribution in [2.24, 2.45) is 0 Å². The van der Waals surface area contributed by atoms with Gasteiger partial charge in [0.15, 0.2) is 0 Å². The highest BCUT2D eigenvalue weighted by Gasteiger charge is 2.20. The maximum atomic E-state index is 13.3. The second-order valence-corrected chi connectivity index (χ2v) is 12.9. The van der Waals surface area contributed by atoms with Crippen LogP contribution in [0.4, 0.5) is 0 Å². The minimum absolute atomic E-state index is 0.0469.